The van der Waals surface area contributed by atoms with E-state index >= 15 is 0 Å². The summed E-state index contributed by atoms with van der Waals surface area (Å²) >= 11 is 7.36. The van der Waals surface area contributed by atoms with Gasteiger partial charge in [-0.1, -0.05) is 11.6 Å². The van der Waals surface area contributed by atoms with E-state index in [1.807, 2.05) is 0 Å². The summed E-state index contributed by atoms with van der Waals surface area (Å²) in [6.07, 6.45) is -0.136. The third-order valence-electron chi connectivity index (χ3n) is 3.93. The third-order valence-corrected chi connectivity index (χ3v) is 5.19. The van der Waals surface area contributed by atoms with Gasteiger partial charge in [0.2, 0.25) is 5.91 Å². The van der Waals surface area contributed by atoms with Crippen LogP contribution in [0, 0.1) is 0 Å². The Bertz CT molecular complexity index is 799. The molecule has 152 valence electrons. The number of carbonyl (C=O) groups is 1. The van der Waals surface area contributed by atoms with E-state index in [9.17, 15) is 18.0 Å². The molecule has 0 bridgehead atoms. The number of thioether (sulfide) groups is 1. The summed E-state index contributed by atoms with van der Waals surface area (Å²) < 4.78 is 43.3. The second kappa shape index (κ2) is 9.15. The van der Waals surface area contributed by atoms with Crippen LogP contribution in [0.1, 0.15) is 12.8 Å². The van der Waals surface area contributed by atoms with Crippen LogP contribution in [-0.2, 0) is 9.53 Å². The molecular weight excluding hydrogens is 417 g/mol. The van der Waals surface area contributed by atoms with Crippen LogP contribution in [0.3, 0.4) is 0 Å². The largest absolute Gasteiger partial charge is 0.389 e. The van der Waals surface area contributed by atoms with Gasteiger partial charge >= 0.3 is 6.18 Å². The molecule has 0 aromatic carbocycles. The van der Waals surface area contributed by atoms with Crippen LogP contribution in [0.5, 0.6) is 0 Å². The maximum Gasteiger partial charge on any atom is 0.389 e. The normalized spacial score (nSPS) is 16.2. The van der Waals surface area contributed by atoms with Crippen LogP contribution >= 0.6 is 23.4 Å². The summed E-state index contributed by atoms with van der Waals surface area (Å²) in [5, 5.41) is 4.38. The van der Waals surface area contributed by atoms with Crippen molar-refractivity contribution < 1.29 is 22.7 Å². The van der Waals surface area contributed by atoms with Crippen molar-refractivity contribution in [2.45, 2.75) is 25.1 Å². The van der Waals surface area contributed by atoms with E-state index in [0.29, 0.717) is 30.3 Å². The van der Waals surface area contributed by atoms with E-state index in [4.69, 9.17) is 16.3 Å². The van der Waals surface area contributed by atoms with Crippen molar-refractivity contribution >= 4 is 35.0 Å². The molecule has 2 aromatic rings. The van der Waals surface area contributed by atoms with Gasteiger partial charge in [-0.05, 0) is 12.1 Å². The van der Waals surface area contributed by atoms with Gasteiger partial charge in [0.15, 0.2) is 5.15 Å². The smallest absolute Gasteiger partial charge is 0.371 e. The quantitative estimate of drug-likeness (QED) is 0.444. The first-order valence-corrected chi connectivity index (χ1v) is 10.1. The number of hydrogen-bond donors (Lipinski definition) is 0. The molecule has 3 rings (SSSR count). The van der Waals surface area contributed by atoms with E-state index in [2.05, 4.69) is 10.1 Å². The zero-order valence-corrected chi connectivity index (χ0v) is 16.3. The number of nitrogens with zero attached hydrogens (tertiary/aromatic N) is 4. The third kappa shape index (κ3) is 6.11. The van der Waals surface area contributed by atoms with Gasteiger partial charge < -0.3 is 9.64 Å². The number of carbonyl (C=O) groups excluding carboxylic acids is 1. The van der Waals surface area contributed by atoms with Crippen molar-refractivity contribution in [2.24, 2.45) is 0 Å². The standard InChI is InChI=1S/C17H18ClF3N4O2S/c18-16-14(10-25(23-16)12-2-1-5-22-8-12)24(9-13-11-27-13)15(26)3-6-28-7-4-17(19,20)21/h1-2,5,8,10,13H,3-4,6-7,9,11H2. The lowest BCUT2D eigenvalue weighted by Crippen LogP contribution is -2.34. The number of alkyl halides is 3. The van der Waals surface area contributed by atoms with Crippen LogP contribution in [0.25, 0.3) is 5.69 Å². The molecule has 0 spiro atoms. The average molecular weight is 435 g/mol. The summed E-state index contributed by atoms with van der Waals surface area (Å²) in [6.45, 7) is 0.878. The number of amides is 1. The van der Waals surface area contributed by atoms with E-state index < -0.39 is 12.6 Å². The van der Waals surface area contributed by atoms with Gasteiger partial charge in [-0.25, -0.2) is 4.68 Å². The molecule has 0 saturated carbocycles. The van der Waals surface area contributed by atoms with Crippen molar-refractivity contribution in [2.75, 3.05) is 29.6 Å². The molecule has 1 amide bonds. The SMILES string of the molecule is O=C(CCSCCC(F)(F)F)N(CC1CO1)c1cn(-c2cccnc2)nc1Cl. The van der Waals surface area contributed by atoms with Gasteiger partial charge in [0.1, 0.15) is 5.69 Å². The summed E-state index contributed by atoms with van der Waals surface area (Å²) in [5.74, 6) is -0.00399. The molecule has 0 N–H and O–H groups in total. The van der Waals surface area contributed by atoms with Gasteiger partial charge in [0.05, 0.1) is 43.8 Å². The van der Waals surface area contributed by atoms with Gasteiger partial charge in [0, 0.05) is 24.1 Å². The summed E-state index contributed by atoms with van der Waals surface area (Å²) in [7, 11) is 0. The number of rotatable bonds is 9. The maximum absolute atomic E-state index is 12.7. The molecule has 11 heteroatoms. The molecule has 28 heavy (non-hydrogen) atoms. The topological polar surface area (TPSA) is 63.6 Å². The Morgan fingerprint density at radius 3 is 2.86 bits per heavy atom. The molecule has 2 aromatic heterocycles. The molecule has 0 aliphatic carbocycles. The molecule has 0 radical (unpaired) electrons. The highest BCUT2D eigenvalue weighted by atomic mass is 35.5. The van der Waals surface area contributed by atoms with Crippen molar-refractivity contribution in [3.05, 3.63) is 35.9 Å². The molecule has 6 nitrogen and oxygen atoms in total. The van der Waals surface area contributed by atoms with Crippen LogP contribution in [0.15, 0.2) is 30.7 Å². The molecule has 3 heterocycles. The van der Waals surface area contributed by atoms with E-state index in [0.717, 1.165) is 11.8 Å². The highest BCUT2D eigenvalue weighted by molar-refractivity contribution is 7.99. The summed E-state index contributed by atoms with van der Waals surface area (Å²) in [5.41, 5.74) is 1.12. The first-order valence-electron chi connectivity index (χ1n) is 8.55. The fraction of sp³-hybridized carbons (Fsp3) is 0.471. The molecule has 1 saturated heterocycles. The Hall–Kier alpha value is -1.78. The van der Waals surface area contributed by atoms with Gasteiger partial charge in [-0.2, -0.15) is 30.0 Å². The van der Waals surface area contributed by atoms with Crippen molar-refractivity contribution in [1.82, 2.24) is 14.8 Å². The number of pyridine rings is 1. The van der Waals surface area contributed by atoms with Gasteiger partial charge in [0.25, 0.3) is 0 Å². The molecule has 1 aliphatic heterocycles. The lowest BCUT2D eigenvalue weighted by atomic mass is 10.3. The average Bonchev–Trinajstić information content (AvgIpc) is 3.39. The van der Waals surface area contributed by atoms with Crippen LogP contribution in [-0.4, -0.2) is 57.6 Å². The van der Waals surface area contributed by atoms with Gasteiger partial charge in [-0.15, -0.1) is 0 Å². The van der Waals surface area contributed by atoms with Crippen molar-refractivity contribution in [1.29, 1.82) is 0 Å². The zero-order chi connectivity index (χ0) is 20.1. The highest BCUT2D eigenvalue weighted by Crippen LogP contribution is 2.29. The first-order chi connectivity index (χ1) is 13.3. The minimum absolute atomic E-state index is 0.0673. The Morgan fingerprint density at radius 2 is 2.21 bits per heavy atom. The predicted octanol–water partition coefficient (Wildman–Crippen LogP) is 3.73. The lowest BCUT2D eigenvalue weighted by Gasteiger charge is -2.20. The summed E-state index contributed by atoms with van der Waals surface area (Å²) in [4.78, 5) is 18.2. The Labute approximate surface area is 169 Å². The maximum atomic E-state index is 12.7. The molecular formula is C17H18ClF3N4O2S. The van der Waals surface area contributed by atoms with E-state index in [-0.39, 0.29) is 29.3 Å². The van der Waals surface area contributed by atoms with Crippen molar-refractivity contribution in [3.63, 3.8) is 0 Å². The Morgan fingerprint density at radius 1 is 1.43 bits per heavy atom. The monoisotopic (exact) mass is 434 g/mol. The lowest BCUT2D eigenvalue weighted by molar-refractivity contribution is -0.129. The van der Waals surface area contributed by atoms with E-state index in [1.54, 1.807) is 30.7 Å². The van der Waals surface area contributed by atoms with Crippen LogP contribution < -0.4 is 4.90 Å². The van der Waals surface area contributed by atoms with Crippen molar-refractivity contribution in [3.8, 4) is 5.69 Å². The minimum Gasteiger partial charge on any atom is -0.371 e. The summed E-state index contributed by atoms with van der Waals surface area (Å²) in [6, 6.07) is 3.55. The fourth-order valence-corrected chi connectivity index (χ4v) is 3.57. The number of epoxide rings is 1. The number of hydrogen-bond acceptors (Lipinski definition) is 5. The molecule has 1 aliphatic rings. The van der Waals surface area contributed by atoms with Crippen LogP contribution in [0.4, 0.5) is 18.9 Å². The number of ether oxygens (including phenoxy) is 1. The minimum atomic E-state index is -4.18. The molecule has 1 fully saturated rings. The first kappa shape index (κ1) is 20.9. The molecule has 1 atom stereocenters. The predicted molar refractivity (Wildman–Crippen MR) is 101 cm³/mol. The Balaban J connectivity index is 1.65. The second-order valence-electron chi connectivity index (χ2n) is 6.15. The second-order valence-corrected chi connectivity index (χ2v) is 7.73. The zero-order valence-electron chi connectivity index (χ0n) is 14.7. The highest BCUT2D eigenvalue weighted by Gasteiger charge is 2.31. The number of halogens is 4. The fourth-order valence-electron chi connectivity index (χ4n) is 2.44. The number of anilines is 1. The molecule has 1 unspecified atom stereocenters. The van der Waals surface area contributed by atoms with Gasteiger partial charge in [-0.3, -0.25) is 9.78 Å². The van der Waals surface area contributed by atoms with E-state index in [1.165, 1.54) is 9.58 Å². The van der Waals surface area contributed by atoms with Crippen LogP contribution in [0.2, 0.25) is 5.15 Å². The number of aromatic nitrogens is 3. The Kier molecular flexibility index (Phi) is 6.84.